The second kappa shape index (κ2) is 8.54. The summed E-state index contributed by atoms with van der Waals surface area (Å²) < 4.78 is 79.5. The Hall–Kier alpha value is -2.53. The largest absolute Gasteiger partial charge is 0.435 e. The van der Waals surface area contributed by atoms with E-state index in [-0.39, 0.29) is 31.5 Å². The van der Waals surface area contributed by atoms with Crippen molar-refractivity contribution in [3.63, 3.8) is 0 Å². The first kappa shape index (κ1) is 23.1. The maximum absolute atomic E-state index is 13.0. The van der Waals surface area contributed by atoms with Crippen LogP contribution in [-0.4, -0.2) is 32.0 Å². The van der Waals surface area contributed by atoms with Gasteiger partial charge in [0.1, 0.15) is 0 Å². The minimum Gasteiger partial charge on any atom is -0.356 e. The molecule has 0 bridgehead atoms. The molecule has 2 aromatic heterocycles. The number of rotatable bonds is 8. The minimum atomic E-state index is -4.54. The topological polar surface area (TPSA) is 64.7 Å². The van der Waals surface area contributed by atoms with Gasteiger partial charge >= 0.3 is 12.4 Å². The maximum atomic E-state index is 13.0. The van der Waals surface area contributed by atoms with E-state index in [4.69, 9.17) is 0 Å². The van der Waals surface area contributed by atoms with Gasteiger partial charge in [0, 0.05) is 30.4 Å². The molecule has 1 amide bonds. The molecule has 1 atom stereocenters. The van der Waals surface area contributed by atoms with Gasteiger partial charge in [-0.3, -0.25) is 14.2 Å². The number of carbonyl (C=O) groups is 1. The number of halogens is 6. The highest BCUT2D eigenvalue weighted by atomic mass is 19.4. The third-order valence-corrected chi connectivity index (χ3v) is 5.11. The Balaban J connectivity index is 1.51. The summed E-state index contributed by atoms with van der Waals surface area (Å²) in [7, 11) is 0. The van der Waals surface area contributed by atoms with Crippen LogP contribution in [0.1, 0.15) is 54.9 Å². The normalized spacial score (nSPS) is 15.9. The van der Waals surface area contributed by atoms with Crippen molar-refractivity contribution < 1.29 is 31.1 Å². The molecule has 1 unspecified atom stereocenters. The van der Waals surface area contributed by atoms with Gasteiger partial charge < -0.3 is 5.32 Å². The summed E-state index contributed by atoms with van der Waals surface area (Å²) in [5.74, 6) is -0.946. The Morgan fingerprint density at radius 1 is 1.10 bits per heavy atom. The van der Waals surface area contributed by atoms with Gasteiger partial charge in [-0.1, -0.05) is 6.92 Å². The molecule has 1 fully saturated rings. The van der Waals surface area contributed by atoms with Crippen LogP contribution in [0.5, 0.6) is 0 Å². The van der Waals surface area contributed by atoms with Crippen LogP contribution in [0, 0.1) is 12.8 Å². The lowest BCUT2D eigenvalue weighted by atomic mass is 10.1. The first-order valence-corrected chi connectivity index (χ1v) is 9.90. The lowest BCUT2D eigenvalue weighted by Gasteiger charge is -2.14. The van der Waals surface area contributed by atoms with Crippen molar-refractivity contribution in [3.05, 3.63) is 34.9 Å². The van der Waals surface area contributed by atoms with Crippen LogP contribution in [0.4, 0.5) is 26.3 Å². The predicted octanol–water partition coefficient (Wildman–Crippen LogP) is 4.15. The lowest BCUT2D eigenvalue weighted by Crippen LogP contribution is -2.33. The van der Waals surface area contributed by atoms with E-state index in [1.54, 1.807) is 6.92 Å². The van der Waals surface area contributed by atoms with Crippen LogP contribution in [0.25, 0.3) is 0 Å². The summed E-state index contributed by atoms with van der Waals surface area (Å²) in [6.45, 7) is 3.51. The molecule has 1 aliphatic rings. The molecule has 1 saturated carbocycles. The molecule has 2 heterocycles. The molecule has 2 aromatic rings. The van der Waals surface area contributed by atoms with Crippen molar-refractivity contribution in [2.75, 3.05) is 6.54 Å². The molecule has 12 heteroatoms. The van der Waals surface area contributed by atoms with Crippen LogP contribution in [-0.2, 0) is 30.2 Å². The van der Waals surface area contributed by atoms with Crippen molar-refractivity contribution >= 4 is 5.91 Å². The van der Waals surface area contributed by atoms with Gasteiger partial charge in [0.05, 0.1) is 12.5 Å². The Morgan fingerprint density at radius 2 is 1.68 bits per heavy atom. The number of alkyl halides is 6. The summed E-state index contributed by atoms with van der Waals surface area (Å²) in [6, 6.07) is 2.00. The molecule has 172 valence electrons. The van der Waals surface area contributed by atoms with Crippen LogP contribution >= 0.6 is 0 Å². The van der Waals surface area contributed by atoms with Crippen molar-refractivity contribution in [1.82, 2.24) is 24.9 Å². The molecule has 0 spiro atoms. The van der Waals surface area contributed by atoms with Crippen molar-refractivity contribution in [3.8, 4) is 0 Å². The van der Waals surface area contributed by atoms with Gasteiger partial charge in [-0.05, 0) is 38.3 Å². The number of carbonyl (C=O) groups excluding carboxylic acids is 1. The first-order valence-electron chi connectivity index (χ1n) is 9.90. The Morgan fingerprint density at radius 3 is 2.23 bits per heavy atom. The summed E-state index contributed by atoms with van der Waals surface area (Å²) in [6.07, 6.45) is -7.11. The fraction of sp³-hybridized carbons (Fsp3) is 0.632. The van der Waals surface area contributed by atoms with Gasteiger partial charge in [-0.2, -0.15) is 36.5 Å². The van der Waals surface area contributed by atoms with E-state index in [0.717, 1.165) is 25.0 Å². The number of aryl methyl sites for hydroxylation is 2. The van der Waals surface area contributed by atoms with Crippen molar-refractivity contribution in [2.24, 2.45) is 5.92 Å². The zero-order valence-electron chi connectivity index (χ0n) is 17.0. The number of hydrogen-bond donors (Lipinski definition) is 1. The Labute approximate surface area is 174 Å². The lowest BCUT2D eigenvalue weighted by molar-refractivity contribution is -0.142. The fourth-order valence-corrected chi connectivity index (χ4v) is 3.26. The third-order valence-electron chi connectivity index (χ3n) is 5.11. The molecular weight excluding hydrogens is 428 g/mol. The molecule has 0 saturated heterocycles. The van der Waals surface area contributed by atoms with E-state index in [0.29, 0.717) is 17.8 Å². The van der Waals surface area contributed by atoms with E-state index in [1.807, 2.05) is 0 Å². The highest BCUT2D eigenvalue weighted by molar-refractivity contribution is 5.78. The van der Waals surface area contributed by atoms with Gasteiger partial charge in [0.15, 0.2) is 11.4 Å². The zero-order valence-corrected chi connectivity index (χ0v) is 17.0. The third kappa shape index (κ3) is 5.79. The second-order valence-corrected chi connectivity index (χ2v) is 7.85. The monoisotopic (exact) mass is 451 g/mol. The number of aromatic nitrogens is 4. The van der Waals surface area contributed by atoms with Crippen LogP contribution in [0.3, 0.4) is 0 Å². The average Bonchev–Trinajstić information content (AvgIpc) is 3.29. The quantitative estimate of drug-likeness (QED) is 0.485. The van der Waals surface area contributed by atoms with Crippen molar-refractivity contribution in [1.29, 1.82) is 0 Å². The first-order chi connectivity index (χ1) is 14.4. The van der Waals surface area contributed by atoms with Gasteiger partial charge in [0.25, 0.3) is 0 Å². The summed E-state index contributed by atoms with van der Waals surface area (Å²) >= 11 is 0. The van der Waals surface area contributed by atoms with Gasteiger partial charge in [-0.15, -0.1) is 0 Å². The molecule has 6 nitrogen and oxygen atoms in total. The summed E-state index contributed by atoms with van der Waals surface area (Å²) in [5, 5.41) is 9.82. The smallest absolute Gasteiger partial charge is 0.356 e. The Kier molecular flexibility index (Phi) is 6.38. The predicted molar refractivity (Wildman–Crippen MR) is 98.0 cm³/mol. The van der Waals surface area contributed by atoms with Crippen molar-refractivity contribution in [2.45, 2.75) is 64.5 Å². The SMILES string of the molecule is Cc1cc(C(F)(F)F)nn1CCCNC(=O)C(C)Cn1nc(C(F)(F)F)cc1C1CC1. The molecule has 0 aliphatic heterocycles. The fourth-order valence-electron chi connectivity index (χ4n) is 3.26. The molecule has 3 rings (SSSR count). The van der Waals surface area contributed by atoms with E-state index in [9.17, 15) is 31.1 Å². The molecule has 1 aliphatic carbocycles. The molecule has 1 N–H and O–H groups in total. The molecular formula is C19H23F6N5O. The molecule has 31 heavy (non-hydrogen) atoms. The van der Waals surface area contributed by atoms with E-state index in [1.165, 1.54) is 16.3 Å². The van der Waals surface area contributed by atoms with Gasteiger partial charge in [-0.25, -0.2) is 0 Å². The second-order valence-electron chi connectivity index (χ2n) is 7.85. The molecule has 0 aromatic carbocycles. The number of nitrogens with one attached hydrogen (secondary N) is 1. The van der Waals surface area contributed by atoms with E-state index in [2.05, 4.69) is 15.5 Å². The standard InChI is InChI=1S/C19H23F6N5O/c1-11(10-30-14(13-4-5-13)9-16(28-30)19(23,24)25)17(31)26-6-3-7-29-12(2)8-15(27-29)18(20,21)22/h8-9,11,13H,3-7,10H2,1-2H3,(H,26,31). The zero-order chi connectivity index (χ0) is 23.0. The maximum Gasteiger partial charge on any atom is 0.435 e. The summed E-state index contributed by atoms with van der Waals surface area (Å²) in [4.78, 5) is 12.3. The average molecular weight is 451 g/mol. The van der Waals surface area contributed by atoms with E-state index < -0.39 is 29.7 Å². The number of amides is 1. The van der Waals surface area contributed by atoms with Crippen LogP contribution < -0.4 is 5.32 Å². The number of hydrogen-bond acceptors (Lipinski definition) is 3. The minimum absolute atomic E-state index is 0.0148. The van der Waals surface area contributed by atoms with Crippen LogP contribution in [0.2, 0.25) is 0 Å². The highest BCUT2D eigenvalue weighted by Gasteiger charge is 2.38. The summed E-state index contributed by atoms with van der Waals surface area (Å²) in [5.41, 5.74) is -1.08. The van der Waals surface area contributed by atoms with Crippen LogP contribution in [0.15, 0.2) is 12.1 Å². The highest BCUT2D eigenvalue weighted by Crippen LogP contribution is 2.42. The Bertz CT molecular complexity index is 925. The number of nitrogens with zero attached hydrogens (tertiary/aromatic N) is 4. The molecule has 0 radical (unpaired) electrons. The van der Waals surface area contributed by atoms with Gasteiger partial charge in [0.2, 0.25) is 5.91 Å². The van der Waals surface area contributed by atoms with E-state index >= 15 is 0 Å².